The van der Waals surface area contributed by atoms with Gasteiger partial charge in [-0.25, -0.2) is 4.98 Å². The van der Waals surface area contributed by atoms with E-state index < -0.39 is 0 Å². The molecule has 0 bridgehead atoms. The maximum absolute atomic E-state index is 12.8. The van der Waals surface area contributed by atoms with E-state index in [0.29, 0.717) is 13.1 Å². The molecule has 6 nitrogen and oxygen atoms in total. The zero-order valence-corrected chi connectivity index (χ0v) is 16.7. The van der Waals surface area contributed by atoms with Gasteiger partial charge in [0.1, 0.15) is 5.82 Å². The van der Waals surface area contributed by atoms with Crippen molar-refractivity contribution in [2.75, 3.05) is 11.4 Å². The molecule has 3 aromatic carbocycles. The van der Waals surface area contributed by atoms with Crippen LogP contribution >= 0.6 is 0 Å². The summed E-state index contributed by atoms with van der Waals surface area (Å²) in [7, 11) is 1.94. The highest BCUT2D eigenvalue weighted by molar-refractivity contribution is 6.07. The number of nitrogens with zero attached hydrogens (tertiary/aromatic N) is 3. The summed E-state index contributed by atoms with van der Waals surface area (Å²) in [5, 5.41) is 5.07. The van der Waals surface area contributed by atoms with E-state index in [2.05, 4.69) is 10.3 Å². The van der Waals surface area contributed by atoms with Gasteiger partial charge >= 0.3 is 0 Å². The van der Waals surface area contributed by atoms with Crippen molar-refractivity contribution in [3.8, 4) is 0 Å². The van der Waals surface area contributed by atoms with Crippen LogP contribution in [-0.4, -0.2) is 27.9 Å². The number of hydrogen-bond donors (Lipinski definition) is 1. The number of aromatic nitrogens is 2. The van der Waals surface area contributed by atoms with Gasteiger partial charge in [0.25, 0.3) is 0 Å². The van der Waals surface area contributed by atoms with E-state index >= 15 is 0 Å². The fourth-order valence-electron chi connectivity index (χ4n) is 4.22. The lowest BCUT2D eigenvalue weighted by Gasteiger charge is -2.19. The number of aryl methyl sites for hydroxylation is 1. The molecule has 150 valence electrons. The van der Waals surface area contributed by atoms with Gasteiger partial charge in [-0.1, -0.05) is 48.5 Å². The molecule has 1 aliphatic heterocycles. The van der Waals surface area contributed by atoms with Crippen LogP contribution in [0.4, 0.5) is 5.69 Å². The molecular weight excluding hydrogens is 376 g/mol. The lowest BCUT2D eigenvalue weighted by Crippen LogP contribution is -2.33. The Kier molecular flexibility index (Phi) is 4.47. The van der Waals surface area contributed by atoms with E-state index in [1.54, 1.807) is 4.90 Å². The molecule has 2 heterocycles. The number of benzene rings is 3. The molecule has 1 aromatic heterocycles. The lowest BCUT2D eigenvalue weighted by atomic mass is 10.1. The molecular formula is C24H22N4O2. The zero-order chi connectivity index (χ0) is 20.7. The third-order valence-electron chi connectivity index (χ3n) is 5.85. The summed E-state index contributed by atoms with van der Waals surface area (Å²) in [5.41, 5.74) is 2.80. The summed E-state index contributed by atoms with van der Waals surface area (Å²) in [6.45, 7) is 0.726. The second-order valence-electron chi connectivity index (χ2n) is 7.70. The van der Waals surface area contributed by atoms with Crippen LogP contribution in [0.2, 0.25) is 0 Å². The average Bonchev–Trinajstić information content (AvgIpc) is 3.32. The van der Waals surface area contributed by atoms with Crippen LogP contribution in [-0.2, 0) is 23.2 Å². The SMILES string of the molecule is Cn1c(CNC(=O)C2CC(=O)N(c3cccc4ccccc34)C2)nc2ccccc21. The first-order chi connectivity index (χ1) is 14.6. The van der Waals surface area contributed by atoms with Crippen LogP contribution in [0.1, 0.15) is 12.2 Å². The van der Waals surface area contributed by atoms with Crippen molar-refractivity contribution >= 4 is 39.3 Å². The van der Waals surface area contributed by atoms with Crippen molar-refractivity contribution in [1.29, 1.82) is 0 Å². The summed E-state index contributed by atoms with van der Waals surface area (Å²) in [6.07, 6.45) is 0.220. The fraction of sp³-hybridized carbons (Fsp3) is 0.208. The molecule has 0 radical (unpaired) electrons. The summed E-state index contributed by atoms with van der Waals surface area (Å²) in [5.74, 6) is 0.290. The van der Waals surface area contributed by atoms with Crippen molar-refractivity contribution in [2.45, 2.75) is 13.0 Å². The van der Waals surface area contributed by atoms with E-state index in [0.717, 1.165) is 33.3 Å². The molecule has 0 aliphatic carbocycles. The Balaban J connectivity index is 1.31. The maximum atomic E-state index is 12.8. The zero-order valence-electron chi connectivity index (χ0n) is 16.7. The predicted molar refractivity (Wildman–Crippen MR) is 117 cm³/mol. The van der Waals surface area contributed by atoms with E-state index in [1.165, 1.54) is 0 Å². The third-order valence-corrected chi connectivity index (χ3v) is 5.85. The Labute approximate surface area is 174 Å². The summed E-state index contributed by atoms with van der Waals surface area (Å²) in [6, 6.07) is 21.8. The third kappa shape index (κ3) is 3.10. The molecule has 1 aliphatic rings. The van der Waals surface area contributed by atoms with Crippen molar-refractivity contribution in [1.82, 2.24) is 14.9 Å². The summed E-state index contributed by atoms with van der Waals surface area (Å²) in [4.78, 5) is 31.8. The molecule has 6 heteroatoms. The molecule has 1 atom stereocenters. The van der Waals surface area contributed by atoms with Crippen LogP contribution in [0.15, 0.2) is 66.7 Å². The summed E-state index contributed by atoms with van der Waals surface area (Å²) >= 11 is 0. The van der Waals surface area contributed by atoms with Gasteiger partial charge in [-0.05, 0) is 23.6 Å². The van der Waals surface area contributed by atoms with Crippen LogP contribution in [0.5, 0.6) is 0 Å². The van der Waals surface area contributed by atoms with Gasteiger partial charge in [-0.2, -0.15) is 0 Å². The number of imidazole rings is 1. The average molecular weight is 398 g/mol. The lowest BCUT2D eigenvalue weighted by molar-refractivity contribution is -0.126. The van der Waals surface area contributed by atoms with Crippen molar-refractivity contribution < 1.29 is 9.59 Å². The number of nitrogens with one attached hydrogen (secondary N) is 1. The van der Waals surface area contributed by atoms with Crippen LogP contribution in [0.3, 0.4) is 0 Å². The Bertz CT molecular complexity index is 1270. The molecule has 0 spiro atoms. The highest BCUT2D eigenvalue weighted by Gasteiger charge is 2.35. The number of carbonyl (C=O) groups excluding carboxylic acids is 2. The highest BCUT2D eigenvalue weighted by Crippen LogP contribution is 2.31. The number of para-hydroxylation sites is 2. The van der Waals surface area contributed by atoms with Gasteiger partial charge in [0, 0.05) is 25.4 Å². The quantitative estimate of drug-likeness (QED) is 0.573. The van der Waals surface area contributed by atoms with E-state index in [1.807, 2.05) is 78.3 Å². The van der Waals surface area contributed by atoms with Crippen molar-refractivity contribution in [3.05, 3.63) is 72.6 Å². The van der Waals surface area contributed by atoms with Crippen LogP contribution in [0, 0.1) is 5.92 Å². The molecule has 2 amide bonds. The molecule has 1 unspecified atom stereocenters. The topological polar surface area (TPSA) is 67.2 Å². The van der Waals surface area contributed by atoms with Gasteiger partial charge < -0.3 is 14.8 Å². The molecule has 5 rings (SSSR count). The first kappa shape index (κ1) is 18.4. The largest absolute Gasteiger partial charge is 0.349 e. The molecule has 4 aromatic rings. The first-order valence-corrected chi connectivity index (χ1v) is 10.1. The smallest absolute Gasteiger partial charge is 0.227 e. The second-order valence-corrected chi connectivity index (χ2v) is 7.70. The molecule has 30 heavy (non-hydrogen) atoms. The normalized spacial score (nSPS) is 16.5. The fourth-order valence-corrected chi connectivity index (χ4v) is 4.22. The Morgan fingerprint density at radius 2 is 1.83 bits per heavy atom. The number of carbonyl (C=O) groups is 2. The number of fused-ring (bicyclic) bond motifs is 2. The Hall–Kier alpha value is -3.67. The van der Waals surface area contributed by atoms with E-state index in [9.17, 15) is 9.59 Å². The second kappa shape index (κ2) is 7.30. The van der Waals surface area contributed by atoms with E-state index in [-0.39, 0.29) is 24.2 Å². The van der Waals surface area contributed by atoms with Gasteiger partial charge in [0.05, 0.1) is 29.2 Å². The van der Waals surface area contributed by atoms with Crippen molar-refractivity contribution in [2.24, 2.45) is 13.0 Å². The molecule has 1 N–H and O–H groups in total. The monoisotopic (exact) mass is 398 g/mol. The van der Waals surface area contributed by atoms with Gasteiger partial charge in [-0.3, -0.25) is 9.59 Å². The minimum Gasteiger partial charge on any atom is -0.349 e. The van der Waals surface area contributed by atoms with Crippen LogP contribution in [0.25, 0.3) is 21.8 Å². The standard InChI is InChI=1S/C24H22N4O2/c1-27-21-11-5-4-10-19(21)26-22(27)14-25-24(30)17-13-23(29)28(15-17)20-12-6-8-16-7-2-3-9-18(16)20/h2-12,17H,13-15H2,1H3,(H,25,30). The van der Waals surface area contributed by atoms with Gasteiger partial charge in [-0.15, -0.1) is 0 Å². The first-order valence-electron chi connectivity index (χ1n) is 10.1. The number of amides is 2. The number of hydrogen-bond acceptors (Lipinski definition) is 3. The number of rotatable bonds is 4. The van der Waals surface area contributed by atoms with Crippen molar-refractivity contribution in [3.63, 3.8) is 0 Å². The molecule has 1 fully saturated rings. The maximum Gasteiger partial charge on any atom is 0.227 e. The predicted octanol–water partition coefficient (Wildman–Crippen LogP) is 3.40. The highest BCUT2D eigenvalue weighted by atomic mass is 16.2. The Morgan fingerprint density at radius 3 is 2.70 bits per heavy atom. The minimum atomic E-state index is -0.369. The van der Waals surface area contributed by atoms with Gasteiger partial charge in [0.15, 0.2) is 0 Å². The number of anilines is 1. The van der Waals surface area contributed by atoms with Crippen LogP contribution < -0.4 is 10.2 Å². The van der Waals surface area contributed by atoms with E-state index in [4.69, 9.17) is 0 Å². The molecule has 0 saturated carbocycles. The summed E-state index contributed by atoms with van der Waals surface area (Å²) < 4.78 is 1.98. The minimum absolute atomic E-state index is 0.0192. The Morgan fingerprint density at radius 1 is 1.07 bits per heavy atom. The molecule has 1 saturated heterocycles. The van der Waals surface area contributed by atoms with Gasteiger partial charge in [0.2, 0.25) is 11.8 Å².